The number of hydrogen-bond acceptors (Lipinski definition) is 3. The van der Waals surface area contributed by atoms with Crippen molar-refractivity contribution in [1.82, 2.24) is 14.5 Å². The molecule has 1 N–H and O–H groups in total. The van der Waals surface area contributed by atoms with Crippen LogP contribution in [0.3, 0.4) is 0 Å². The summed E-state index contributed by atoms with van der Waals surface area (Å²) in [6.07, 6.45) is 4.87. The van der Waals surface area contributed by atoms with E-state index in [1.807, 2.05) is 0 Å². The summed E-state index contributed by atoms with van der Waals surface area (Å²) in [5.41, 5.74) is 1.05. The van der Waals surface area contributed by atoms with E-state index in [-0.39, 0.29) is 5.69 Å². The lowest BCUT2D eigenvalue weighted by Crippen LogP contribution is -2.09. The smallest absolute Gasteiger partial charge is 0.352 e. The van der Waals surface area contributed by atoms with E-state index in [1.54, 1.807) is 29.1 Å². The highest BCUT2D eigenvalue weighted by Crippen LogP contribution is 2.12. The molecular formula is C10H8IN3O2. The number of carboxylic acid groups (broad SMARTS) is 1. The van der Waals surface area contributed by atoms with Crippen LogP contribution in [0.25, 0.3) is 0 Å². The Morgan fingerprint density at radius 1 is 1.56 bits per heavy atom. The predicted molar refractivity (Wildman–Crippen MR) is 65.2 cm³/mol. The Balaban J connectivity index is 2.31. The molecule has 0 aromatic carbocycles. The molecule has 5 nitrogen and oxygen atoms in total. The first kappa shape index (κ1) is 11.1. The molecule has 2 aromatic rings. The Kier molecular flexibility index (Phi) is 3.18. The molecule has 82 valence electrons. The van der Waals surface area contributed by atoms with Crippen LogP contribution >= 0.6 is 22.6 Å². The van der Waals surface area contributed by atoms with Gasteiger partial charge in [-0.2, -0.15) is 0 Å². The summed E-state index contributed by atoms with van der Waals surface area (Å²) in [7, 11) is 0. The van der Waals surface area contributed by atoms with Crippen LogP contribution in [-0.4, -0.2) is 25.6 Å². The number of aromatic nitrogens is 3. The number of aromatic carboxylic acids is 1. The summed E-state index contributed by atoms with van der Waals surface area (Å²) in [5.74, 6) is -0.933. The fourth-order valence-electron chi connectivity index (χ4n) is 1.37. The van der Waals surface area contributed by atoms with Gasteiger partial charge < -0.3 is 9.67 Å². The third kappa shape index (κ3) is 2.38. The van der Waals surface area contributed by atoms with Crippen LogP contribution in [0.2, 0.25) is 0 Å². The van der Waals surface area contributed by atoms with Crippen molar-refractivity contribution in [3.05, 3.63) is 45.8 Å². The van der Waals surface area contributed by atoms with E-state index in [4.69, 9.17) is 5.11 Å². The monoisotopic (exact) mass is 329 g/mol. The zero-order chi connectivity index (χ0) is 11.5. The van der Waals surface area contributed by atoms with Crippen molar-refractivity contribution in [2.45, 2.75) is 6.54 Å². The molecule has 0 fully saturated rings. The molecule has 0 atom stereocenters. The zero-order valence-electron chi connectivity index (χ0n) is 8.17. The molecule has 0 aliphatic heterocycles. The summed E-state index contributed by atoms with van der Waals surface area (Å²) in [4.78, 5) is 18.8. The van der Waals surface area contributed by atoms with Gasteiger partial charge in [-0.15, -0.1) is 0 Å². The second kappa shape index (κ2) is 4.60. The maximum absolute atomic E-state index is 11.0. The number of rotatable bonds is 3. The molecule has 0 unspecified atom stereocenters. The molecule has 2 aromatic heterocycles. The maximum Gasteiger partial charge on any atom is 0.352 e. The minimum Gasteiger partial charge on any atom is -0.477 e. The number of nitrogens with zero attached hydrogens (tertiary/aromatic N) is 3. The molecule has 0 amide bonds. The van der Waals surface area contributed by atoms with E-state index in [0.717, 1.165) is 9.26 Å². The summed E-state index contributed by atoms with van der Waals surface area (Å²) >= 11 is 2.09. The summed E-state index contributed by atoms with van der Waals surface area (Å²) in [6, 6.07) is 3.39. The topological polar surface area (TPSA) is 68.0 Å². The average molecular weight is 329 g/mol. The molecule has 0 spiro atoms. The minimum atomic E-state index is -0.933. The Morgan fingerprint density at radius 2 is 2.38 bits per heavy atom. The molecule has 0 saturated heterocycles. The second-order valence-corrected chi connectivity index (χ2v) is 4.42. The summed E-state index contributed by atoms with van der Waals surface area (Å²) in [6.45, 7) is 0.438. The Hall–Kier alpha value is -1.44. The molecular weight excluding hydrogens is 321 g/mol. The number of halogens is 1. The first-order valence-corrected chi connectivity index (χ1v) is 5.58. The van der Waals surface area contributed by atoms with Gasteiger partial charge in [-0.1, -0.05) is 0 Å². The molecule has 0 aliphatic rings. The van der Waals surface area contributed by atoms with Crippen molar-refractivity contribution >= 4 is 28.6 Å². The fraction of sp³-hybridized carbons (Fsp3) is 0.100. The van der Waals surface area contributed by atoms with E-state index in [0.29, 0.717) is 6.54 Å². The fourth-order valence-corrected chi connectivity index (χ4v) is 2.00. The Labute approximate surface area is 105 Å². The lowest BCUT2D eigenvalue weighted by molar-refractivity contribution is 0.0685. The molecule has 0 bridgehead atoms. The van der Waals surface area contributed by atoms with Crippen LogP contribution in [0.4, 0.5) is 0 Å². The van der Waals surface area contributed by atoms with Crippen LogP contribution in [0.1, 0.15) is 16.2 Å². The van der Waals surface area contributed by atoms with Gasteiger partial charge in [0.2, 0.25) is 0 Å². The highest BCUT2D eigenvalue weighted by Gasteiger charge is 2.11. The van der Waals surface area contributed by atoms with Gasteiger partial charge in [-0.25, -0.2) is 14.8 Å². The van der Waals surface area contributed by atoms with Gasteiger partial charge in [0.15, 0.2) is 0 Å². The van der Waals surface area contributed by atoms with Gasteiger partial charge in [-0.05, 0) is 34.7 Å². The van der Waals surface area contributed by atoms with E-state index in [9.17, 15) is 4.79 Å². The van der Waals surface area contributed by atoms with E-state index >= 15 is 0 Å². The van der Waals surface area contributed by atoms with Gasteiger partial charge in [0.25, 0.3) is 0 Å². The number of carbonyl (C=O) groups is 1. The van der Waals surface area contributed by atoms with Crippen molar-refractivity contribution in [2.75, 3.05) is 0 Å². The first-order valence-electron chi connectivity index (χ1n) is 4.50. The SMILES string of the molecule is O=C(O)c1cc(I)cn1Cc1ccncn1. The molecule has 2 rings (SSSR count). The largest absolute Gasteiger partial charge is 0.477 e. The van der Waals surface area contributed by atoms with Crippen LogP contribution in [-0.2, 0) is 6.54 Å². The molecule has 0 radical (unpaired) electrons. The van der Waals surface area contributed by atoms with Crippen LogP contribution in [0.5, 0.6) is 0 Å². The lowest BCUT2D eigenvalue weighted by Gasteiger charge is -2.04. The normalized spacial score (nSPS) is 10.3. The third-order valence-corrected chi connectivity index (χ3v) is 2.65. The van der Waals surface area contributed by atoms with Gasteiger partial charge >= 0.3 is 5.97 Å². The van der Waals surface area contributed by atoms with Crippen LogP contribution in [0, 0.1) is 3.57 Å². The van der Waals surface area contributed by atoms with Crippen LogP contribution in [0.15, 0.2) is 30.9 Å². The van der Waals surface area contributed by atoms with Crippen molar-refractivity contribution in [3.8, 4) is 0 Å². The van der Waals surface area contributed by atoms with E-state index in [1.165, 1.54) is 6.33 Å². The van der Waals surface area contributed by atoms with E-state index < -0.39 is 5.97 Å². The van der Waals surface area contributed by atoms with Crippen LogP contribution < -0.4 is 0 Å². The molecule has 2 heterocycles. The highest BCUT2D eigenvalue weighted by atomic mass is 127. The Bertz CT molecular complexity index is 510. The summed E-state index contributed by atoms with van der Waals surface area (Å²) < 4.78 is 2.55. The first-order chi connectivity index (χ1) is 7.66. The average Bonchev–Trinajstić information content (AvgIpc) is 2.61. The van der Waals surface area contributed by atoms with E-state index in [2.05, 4.69) is 32.6 Å². The van der Waals surface area contributed by atoms with Crippen molar-refractivity contribution in [2.24, 2.45) is 0 Å². The molecule has 0 aliphatic carbocycles. The highest BCUT2D eigenvalue weighted by molar-refractivity contribution is 14.1. The van der Waals surface area contributed by atoms with Crippen molar-refractivity contribution in [1.29, 1.82) is 0 Å². The van der Waals surface area contributed by atoms with Gasteiger partial charge in [0, 0.05) is 16.0 Å². The molecule has 0 saturated carbocycles. The van der Waals surface area contributed by atoms with Gasteiger partial charge in [0.1, 0.15) is 12.0 Å². The molecule has 6 heteroatoms. The van der Waals surface area contributed by atoms with Crippen molar-refractivity contribution < 1.29 is 9.90 Å². The number of hydrogen-bond donors (Lipinski definition) is 1. The Morgan fingerprint density at radius 3 is 3.00 bits per heavy atom. The summed E-state index contributed by atoms with van der Waals surface area (Å²) in [5, 5.41) is 9.00. The second-order valence-electron chi connectivity index (χ2n) is 3.18. The van der Waals surface area contributed by atoms with Gasteiger partial charge in [0.05, 0.1) is 12.2 Å². The minimum absolute atomic E-state index is 0.267. The third-order valence-electron chi connectivity index (χ3n) is 2.06. The van der Waals surface area contributed by atoms with Crippen molar-refractivity contribution in [3.63, 3.8) is 0 Å². The quantitative estimate of drug-likeness (QED) is 0.869. The lowest BCUT2D eigenvalue weighted by atomic mass is 10.4. The standard InChI is InChI=1S/C10H8IN3O2/c11-7-3-9(10(15)16)14(4-7)5-8-1-2-12-6-13-8/h1-4,6H,5H2,(H,15,16). The number of carboxylic acids is 1. The zero-order valence-corrected chi connectivity index (χ0v) is 10.3. The van der Waals surface area contributed by atoms with Gasteiger partial charge in [-0.3, -0.25) is 0 Å². The molecule has 16 heavy (non-hydrogen) atoms. The maximum atomic E-state index is 11.0. The predicted octanol–water partition coefficient (Wildman–Crippen LogP) is 1.63.